The third-order valence-corrected chi connectivity index (χ3v) is 4.28. The summed E-state index contributed by atoms with van der Waals surface area (Å²) in [4.78, 5) is 12.4. The third kappa shape index (κ3) is 3.18. The molecular formula is C19H15N3O6. The van der Waals surface area contributed by atoms with E-state index in [1.165, 1.54) is 0 Å². The van der Waals surface area contributed by atoms with E-state index >= 15 is 0 Å². The van der Waals surface area contributed by atoms with Gasteiger partial charge in [0.2, 0.25) is 12.7 Å². The maximum absolute atomic E-state index is 12.4. The van der Waals surface area contributed by atoms with Gasteiger partial charge in [-0.15, -0.1) is 5.10 Å². The Balaban J connectivity index is 1.27. The van der Waals surface area contributed by atoms with E-state index in [0.717, 1.165) is 5.56 Å². The molecule has 142 valence electrons. The van der Waals surface area contributed by atoms with Crippen molar-refractivity contribution in [3.63, 3.8) is 0 Å². The Kier molecular flexibility index (Phi) is 3.97. The number of carbonyl (C=O) groups excluding carboxylic acids is 1. The van der Waals surface area contributed by atoms with Gasteiger partial charge in [-0.25, -0.2) is 0 Å². The second-order valence-electron chi connectivity index (χ2n) is 6.18. The topological polar surface area (TPSA) is 105 Å². The number of hydrogen-bond donors (Lipinski definition) is 1. The summed E-state index contributed by atoms with van der Waals surface area (Å²) in [5.41, 5.74) is 1.33. The highest BCUT2D eigenvalue weighted by Crippen LogP contribution is 2.33. The lowest BCUT2D eigenvalue weighted by molar-refractivity contribution is 0.102. The summed E-state index contributed by atoms with van der Waals surface area (Å²) in [7, 11) is 0. The van der Waals surface area contributed by atoms with Gasteiger partial charge in [-0.3, -0.25) is 10.1 Å². The standard InChI is InChI=1S/C19H15N3O6/c23-18(12-2-4-13-16(9-12)25-6-5-24-13)20-19-22-21-17(28-19)8-11-1-3-14-15(7-11)27-10-26-14/h1-4,7,9H,5-6,8,10H2,(H,20,22,23). The van der Waals surface area contributed by atoms with E-state index in [-0.39, 0.29) is 18.7 Å². The first-order valence-electron chi connectivity index (χ1n) is 8.66. The van der Waals surface area contributed by atoms with Gasteiger partial charge in [-0.2, -0.15) is 0 Å². The summed E-state index contributed by atoms with van der Waals surface area (Å²) >= 11 is 0. The van der Waals surface area contributed by atoms with E-state index in [1.54, 1.807) is 18.2 Å². The molecule has 0 aliphatic carbocycles. The summed E-state index contributed by atoms with van der Waals surface area (Å²) in [5, 5.41) is 10.4. The van der Waals surface area contributed by atoms with Gasteiger partial charge >= 0.3 is 6.01 Å². The number of amides is 1. The van der Waals surface area contributed by atoms with Crippen molar-refractivity contribution in [3.8, 4) is 23.0 Å². The number of carbonyl (C=O) groups is 1. The number of hydrogen-bond acceptors (Lipinski definition) is 8. The molecule has 0 saturated carbocycles. The van der Waals surface area contributed by atoms with Gasteiger partial charge in [0.15, 0.2) is 23.0 Å². The van der Waals surface area contributed by atoms with Crippen molar-refractivity contribution < 1.29 is 28.2 Å². The molecule has 9 nitrogen and oxygen atoms in total. The van der Waals surface area contributed by atoms with Crippen molar-refractivity contribution in [1.82, 2.24) is 10.2 Å². The third-order valence-electron chi connectivity index (χ3n) is 4.28. The van der Waals surface area contributed by atoms with Crippen LogP contribution in [0.3, 0.4) is 0 Å². The van der Waals surface area contributed by atoms with Crippen LogP contribution in [-0.4, -0.2) is 36.1 Å². The Bertz CT molecular complexity index is 1050. The zero-order chi connectivity index (χ0) is 18.9. The highest BCUT2D eigenvalue weighted by Gasteiger charge is 2.18. The van der Waals surface area contributed by atoms with E-state index < -0.39 is 0 Å². The number of anilines is 1. The predicted octanol–water partition coefficient (Wildman–Crippen LogP) is 2.41. The number of fused-ring (bicyclic) bond motifs is 2. The molecule has 0 unspecified atom stereocenters. The number of ether oxygens (including phenoxy) is 4. The average molecular weight is 381 g/mol. The number of nitrogens with one attached hydrogen (secondary N) is 1. The number of aromatic nitrogens is 2. The quantitative estimate of drug-likeness (QED) is 0.735. The van der Waals surface area contributed by atoms with Crippen LogP contribution < -0.4 is 24.3 Å². The molecule has 1 aromatic heterocycles. The van der Waals surface area contributed by atoms with Gasteiger partial charge in [0.1, 0.15) is 13.2 Å². The molecule has 0 bridgehead atoms. The van der Waals surface area contributed by atoms with Gasteiger partial charge in [0.25, 0.3) is 5.91 Å². The zero-order valence-corrected chi connectivity index (χ0v) is 14.6. The molecular weight excluding hydrogens is 366 g/mol. The molecule has 3 heterocycles. The van der Waals surface area contributed by atoms with Crippen LogP contribution >= 0.6 is 0 Å². The normalized spacial score (nSPS) is 14.0. The Morgan fingerprint density at radius 1 is 0.893 bits per heavy atom. The second kappa shape index (κ2) is 6.76. The predicted molar refractivity (Wildman–Crippen MR) is 95.1 cm³/mol. The number of rotatable bonds is 4. The largest absolute Gasteiger partial charge is 0.486 e. The van der Waals surface area contributed by atoms with Crippen LogP contribution in [0, 0.1) is 0 Å². The Labute approximate surface area is 159 Å². The molecule has 3 aromatic rings. The lowest BCUT2D eigenvalue weighted by Gasteiger charge is -2.18. The summed E-state index contributed by atoms with van der Waals surface area (Å²) in [6.45, 7) is 1.16. The van der Waals surface area contributed by atoms with Crippen molar-refractivity contribution in [3.05, 3.63) is 53.4 Å². The molecule has 5 rings (SSSR count). The minimum absolute atomic E-state index is 0.0237. The average Bonchev–Trinajstić information content (AvgIpc) is 3.36. The molecule has 0 saturated heterocycles. The molecule has 2 aromatic carbocycles. The molecule has 9 heteroatoms. The van der Waals surface area contributed by atoms with Gasteiger partial charge in [0.05, 0.1) is 6.42 Å². The van der Waals surface area contributed by atoms with Crippen LogP contribution in [0.15, 0.2) is 40.8 Å². The highest BCUT2D eigenvalue weighted by atomic mass is 16.7. The van der Waals surface area contributed by atoms with E-state index in [9.17, 15) is 4.79 Å². The first-order valence-corrected chi connectivity index (χ1v) is 8.66. The molecule has 0 spiro atoms. The fourth-order valence-corrected chi connectivity index (χ4v) is 2.95. The van der Waals surface area contributed by atoms with Crippen LogP contribution in [0.2, 0.25) is 0 Å². The molecule has 1 N–H and O–H groups in total. The molecule has 0 atom stereocenters. The van der Waals surface area contributed by atoms with Gasteiger partial charge in [0, 0.05) is 5.56 Å². The molecule has 0 radical (unpaired) electrons. The minimum Gasteiger partial charge on any atom is -0.486 e. The summed E-state index contributed by atoms with van der Waals surface area (Å²) < 4.78 is 27.1. The van der Waals surface area contributed by atoms with Crippen molar-refractivity contribution in [2.24, 2.45) is 0 Å². The Morgan fingerprint density at radius 3 is 2.57 bits per heavy atom. The van der Waals surface area contributed by atoms with Crippen molar-refractivity contribution >= 4 is 11.9 Å². The van der Waals surface area contributed by atoms with Crippen LogP contribution in [0.25, 0.3) is 0 Å². The van der Waals surface area contributed by atoms with Crippen LogP contribution in [0.4, 0.5) is 6.01 Å². The molecule has 0 fully saturated rings. The lowest BCUT2D eigenvalue weighted by atomic mass is 10.1. The first kappa shape index (κ1) is 16.4. The van der Waals surface area contributed by atoms with Crippen LogP contribution in [0.1, 0.15) is 21.8 Å². The van der Waals surface area contributed by atoms with E-state index in [0.29, 0.717) is 54.1 Å². The fourth-order valence-electron chi connectivity index (χ4n) is 2.95. The van der Waals surface area contributed by atoms with Crippen molar-refractivity contribution in [2.75, 3.05) is 25.3 Å². The van der Waals surface area contributed by atoms with E-state index in [1.807, 2.05) is 18.2 Å². The molecule has 2 aliphatic rings. The number of benzene rings is 2. The number of nitrogens with zero attached hydrogens (tertiary/aromatic N) is 2. The van der Waals surface area contributed by atoms with E-state index in [4.69, 9.17) is 23.4 Å². The van der Waals surface area contributed by atoms with Gasteiger partial charge in [-0.05, 0) is 35.9 Å². The monoisotopic (exact) mass is 381 g/mol. The maximum Gasteiger partial charge on any atom is 0.322 e. The lowest BCUT2D eigenvalue weighted by Crippen LogP contribution is -2.17. The van der Waals surface area contributed by atoms with Crippen LogP contribution in [-0.2, 0) is 6.42 Å². The summed E-state index contributed by atoms with van der Waals surface area (Å²) in [5.74, 6) is 2.54. The smallest absolute Gasteiger partial charge is 0.322 e. The molecule has 28 heavy (non-hydrogen) atoms. The van der Waals surface area contributed by atoms with Crippen LogP contribution in [0.5, 0.6) is 23.0 Å². The Morgan fingerprint density at radius 2 is 1.64 bits per heavy atom. The van der Waals surface area contributed by atoms with Gasteiger partial charge < -0.3 is 23.4 Å². The molecule has 1 amide bonds. The first-order chi connectivity index (χ1) is 13.7. The SMILES string of the molecule is O=C(Nc1nnc(Cc2ccc3c(c2)OCO3)o1)c1ccc2c(c1)OCCO2. The maximum atomic E-state index is 12.4. The van der Waals surface area contributed by atoms with E-state index in [2.05, 4.69) is 15.5 Å². The molecule has 2 aliphatic heterocycles. The van der Waals surface area contributed by atoms with Crippen molar-refractivity contribution in [1.29, 1.82) is 0 Å². The highest BCUT2D eigenvalue weighted by molar-refractivity contribution is 6.03. The van der Waals surface area contributed by atoms with Crippen molar-refractivity contribution in [2.45, 2.75) is 6.42 Å². The summed E-state index contributed by atoms with van der Waals surface area (Å²) in [6, 6.07) is 10.6. The zero-order valence-electron chi connectivity index (χ0n) is 14.6. The Hall–Kier alpha value is -3.75. The second-order valence-corrected chi connectivity index (χ2v) is 6.18. The van der Waals surface area contributed by atoms with Gasteiger partial charge in [-0.1, -0.05) is 11.2 Å². The summed E-state index contributed by atoms with van der Waals surface area (Å²) in [6.07, 6.45) is 0.406. The minimum atomic E-state index is -0.379. The fraction of sp³-hybridized carbons (Fsp3) is 0.211.